The van der Waals surface area contributed by atoms with Gasteiger partial charge < -0.3 is 9.72 Å². The van der Waals surface area contributed by atoms with Gasteiger partial charge in [-0.15, -0.1) is 0 Å². The maximum atomic E-state index is 12.9. The highest BCUT2D eigenvalue weighted by atomic mass is 32.1. The minimum Gasteiger partial charge on any atom is -0.359 e. The first-order valence-electron chi connectivity index (χ1n) is 9.22. The maximum Gasteiger partial charge on any atom is 0.416 e. The lowest BCUT2D eigenvalue weighted by Gasteiger charge is -2.10. The molecule has 0 unspecified atom stereocenters. The van der Waals surface area contributed by atoms with Gasteiger partial charge in [-0.2, -0.15) is 13.2 Å². The number of halogens is 3. The van der Waals surface area contributed by atoms with Crippen LogP contribution in [0.15, 0.2) is 55.1 Å². The van der Waals surface area contributed by atoms with E-state index in [0.717, 1.165) is 39.7 Å². The Morgan fingerprint density at radius 1 is 1.14 bits per heavy atom. The lowest BCUT2D eigenvalue weighted by molar-refractivity contribution is -0.137. The fourth-order valence-electron chi connectivity index (χ4n) is 3.01. The van der Waals surface area contributed by atoms with E-state index in [-0.39, 0.29) is 0 Å². The van der Waals surface area contributed by atoms with Crippen molar-refractivity contribution in [2.75, 3.05) is 5.32 Å². The van der Waals surface area contributed by atoms with E-state index in [4.69, 9.17) is 0 Å². The first-order valence-corrected chi connectivity index (χ1v) is 10.0. The number of hydrogen-bond donors (Lipinski definition) is 1. The highest BCUT2D eigenvalue weighted by Crippen LogP contribution is 2.35. The maximum absolute atomic E-state index is 12.9. The molecule has 0 fully saturated rings. The average Bonchev–Trinajstić information content (AvgIpc) is 3.35. The fraction of sp³-hybridized carbons (Fsp3) is 0.238. The molecular weight excluding hydrogens is 397 g/mol. The van der Waals surface area contributed by atoms with Crippen molar-refractivity contribution in [3.05, 3.63) is 60.7 Å². The molecule has 4 nitrogen and oxygen atoms in total. The van der Waals surface area contributed by atoms with Gasteiger partial charge in [0.2, 0.25) is 0 Å². The molecule has 8 heteroatoms. The van der Waals surface area contributed by atoms with Gasteiger partial charge in [-0.25, -0.2) is 9.97 Å². The lowest BCUT2D eigenvalue weighted by Crippen LogP contribution is -2.12. The zero-order valence-corrected chi connectivity index (χ0v) is 16.7. The number of thiazole rings is 1. The van der Waals surface area contributed by atoms with Crippen LogP contribution in [-0.4, -0.2) is 20.4 Å². The summed E-state index contributed by atoms with van der Waals surface area (Å²) in [5, 5.41) is 4.21. The standard InChI is InChI=1S/C21H19F3N4S/c1-3-13(2)27-20-26-11-18(29-20)15-10-17(19-25-8-9-28(19)12-15)14-4-6-16(7-5-14)21(22,23)24/h4-13H,3H2,1-2H3,(H,26,27)/t13-/m1/s1. The van der Waals surface area contributed by atoms with Crippen LogP contribution < -0.4 is 5.32 Å². The smallest absolute Gasteiger partial charge is 0.359 e. The van der Waals surface area contributed by atoms with Crippen LogP contribution in [0.4, 0.5) is 18.3 Å². The van der Waals surface area contributed by atoms with Crippen molar-refractivity contribution in [1.82, 2.24) is 14.4 Å². The van der Waals surface area contributed by atoms with Crippen molar-refractivity contribution >= 4 is 22.1 Å². The monoisotopic (exact) mass is 416 g/mol. The van der Waals surface area contributed by atoms with E-state index in [9.17, 15) is 13.2 Å². The molecule has 150 valence electrons. The molecule has 3 heterocycles. The minimum atomic E-state index is -4.36. The highest BCUT2D eigenvalue weighted by Gasteiger charge is 2.30. The summed E-state index contributed by atoms with van der Waals surface area (Å²) in [4.78, 5) is 9.79. The molecule has 4 rings (SSSR count). The van der Waals surface area contributed by atoms with Gasteiger partial charge >= 0.3 is 6.18 Å². The predicted molar refractivity (Wildman–Crippen MR) is 110 cm³/mol. The lowest BCUT2D eigenvalue weighted by atomic mass is 10.0. The Balaban J connectivity index is 1.75. The van der Waals surface area contributed by atoms with Crippen molar-refractivity contribution in [3.8, 4) is 21.6 Å². The normalized spacial score (nSPS) is 13.0. The number of rotatable bonds is 5. The van der Waals surface area contributed by atoms with E-state index in [1.165, 1.54) is 12.1 Å². The average molecular weight is 416 g/mol. The van der Waals surface area contributed by atoms with Crippen molar-refractivity contribution < 1.29 is 13.2 Å². The SMILES string of the molecule is CC[C@@H](C)Nc1ncc(-c2cc(-c3ccc(C(F)(F)F)cc3)c3nccn3c2)s1. The Bertz CT molecular complexity index is 1130. The Morgan fingerprint density at radius 3 is 2.59 bits per heavy atom. The van der Waals surface area contributed by atoms with Crippen LogP contribution in [0.25, 0.3) is 27.2 Å². The zero-order chi connectivity index (χ0) is 20.6. The van der Waals surface area contributed by atoms with Crippen molar-refractivity contribution in [2.24, 2.45) is 0 Å². The molecule has 0 radical (unpaired) electrons. The van der Waals surface area contributed by atoms with Crippen molar-refractivity contribution in [2.45, 2.75) is 32.5 Å². The molecule has 0 amide bonds. The number of nitrogens with zero attached hydrogens (tertiary/aromatic N) is 3. The molecule has 0 aliphatic rings. The molecule has 4 aromatic rings. The first-order chi connectivity index (χ1) is 13.8. The van der Waals surface area contributed by atoms with E-state index < -0.39 is 11.7 Å². The van der Waals surface area contributed by atoms with Crippen LogP contribution in [0.2, 0.25) is 0 Å². The number of pyridine rings is 1. The molecule has 1 aromatic carbocycles. The number of aromatic nitrogens is 3. The zero-order valence-electron chi connectivity index (χ0n) is 15.9. The second kappa shape index (κ2) is 7.51. The van der Waals surface area contributed by atoms with Gasteiger partial charge in [-0.1, -0.05) is 30.4 Å². The quantitative estimate of drug-likeness (QED) is 0.412. The van der Waals surface area contributed by atoms with Crippen molar-refractivity contribution in [3.63, 3.8) is 0 Å². The van der Waals surface area contributed by atoms with E-state index >= 15 is 0 Å². The summed E-state index contributed by atoms with van der Waals surface area (Å²) in [6.07, 6.45) is 3.90. The Labute approximate surface area is 170 Å². The van der Waals surface area contributed by atoms with E-state index in [0.29, 0.717) is 17.3 Å². The molecule has 3 aromatic heterocycles. The van der Waals surface area contributed by atoms with E-state index in [2.05, 4.69) is 29.1 Å². The van der Waals surface area contributed by atoms with Crippen LogP contribution in [0, 0.1) is 0 Å². The minimum absolute atomic E-state index is 0.327. The summed E-state index contributed by atoms with van der Waals surface area (Å²) in [6.45, 7) is 4.21. The molecule has 0 aliphatic carbocycles. The van der Waals surface area contributed by atoms with Crippen LogP contribution in [-0.2, 0) is 6.18 Å². The summed E-state index contributed by atoms with van der Waals surface area (Å²) in [5.41, 5.74) is 2.40. The Morgan fingerprint density at radius 2 is 1.90 bits per heavy atom. The third-order valence-corrected chi connectivity index (χ3v) is 5.76. The van der Waals surface area contributed by atoms with E-state index in [1.54, 1.807) is 17.5 Å². The molecule has 0 bridgehead atoms. The predicted octanol–water partition coefficient (Wildman–Crippen LogP) is 6.35. The van der Waals surface area contributed by atoms with Crippen LogP contribution in [0.5, 0.6) is 0 Å². The second-order valence-corrected chi connectivity index (χ2v) is 7.89. The van der Waals surface area contributed by atoms with Gasteiger partial charge in [0.15, 0.2) is 5.13 Å². The topological polar surface area (TPSA) is 42.2 Å². The highest BCUT2D eigenvalue weighted by molar-refractivity contribution is 7.18. The number of anilines is 1. The van der Waals surface area contributed by atoms with Crippen molar-refractivity contribution in [1.29, 1.82) is 0 Å². The molecule has 0 aliphatic heterocycles. The van der Waals surface area contributed by atoms with Gasteiger partial charge in [0.05, 0.1) is 10.4 Å². The first kappa shape index (κ1) is 19.4. The van der Waals surface area contributed by atoms with Crippen LogP contribution in [0.3, 0.4) is 0 Å². The number of hydrogen-bond acceptors (Lipinski definition) is 4. The summed E-state index contributed by atoms with van der Waals surface area (Å²) in [6, 6.07) is 7.45. The van der Waals surface area contributed by atoms with Gasteiger partial charge in [0.1, 0.15) is 5.65 Å². The number of nitrogens with one attached hydrogen (secondary N) is 1. The molecule has 1 atom stereocenters. The number of fused-ring (bicyclic) bond motifs is 1. The van der Waals surface area contributed by atoms with Gasteiger partial charge in [-0.3, -0.25) is 0 Å². The third-order valence-electron chi connectivity index (χ3n) is 4.78. The second-order valence-electron chi connectivity index (χ2n) is 6.86. The van der Waals surface area contributed by atoms with Gasteiger partial charge in [-0.05, 0) is 37.1 Å². The largest absolute Gasteiger partial charge is 0.416 e. The molecule has 0 saturated heterocycles. The fourth-order valence-corrected chi connectivity index (χ4v) is 3.91. The molecule has 29 heavy (non-hydrogen) atoms. The van der Waals surface area contributed by atoms with E-state index in [1.807, 2.05) is 29.1 Å². The number of benzene rings is 1. The Hall–Kier alpha value is -2.87. The molecular formula is C21H19F3N4S. The molecule has 1 N–H and O–H groups in total. The van der Waals surface area contributed by atoms with Gasteiger partial charge in [0.25, 0.3) is 0 Å². The number of imidazole rings is 1. The number of alkyl halides is 3. The Kier molecular flexibility index (Phi) is 5.04. The summed E-state index contributed by atoms with van der Waals surface area (Å²) >= 11 is 1.55. The molecule has 0 spiro atoms. The van der Waals surface area contributed by atoms with Crippen LogP contribution >= 0.6 is 11.3 Å². The van der Waals surface area contributed by atoms with Crippen LogP contribution in [0.1, 0.15) is 25.8 Å². The van der Waals surface area contributed by atoms with Gasteiger partial charge in [0, 0.05) is 42.0 Å². The summed E-state index contributed by atoms with van der Waals surface area (Å²) in [7, 11) is 0. The molecule has 0 saturated carbocycles. The summed E-state index contributed by atoms with van der Waals surface area (Å²) < 4.78 is 40.6. The third kappa shape index (κ3) is 3.98. The summed E-state index contributed by atoms with van der Waals surface area (Å²) in [5.74, 6) is 0.